The summed E-state index contributed by atoms with van der Waals surface area (Å²) in [6, 6.07) is 11.9. The molecule has 11 heteroatoms. The minimum absolute atomic E-state index is 0.0683. The number of ketones is 1. The van der Waals surface area contributed by atoms with Gasteiger partial charge in [0.25, 0.3) is 5.56 Å². The number of aryl methyl sites for hydroxylation is 1. The van der Waals surface area contributed by atoms with Gasteiger partial charge >= 0.3 is 5.97 Å². The van der Waals surface area contributed by atoms with E-state index in [0.29, 0.717) is 24.0 Å². The van der Waals surface area contributed by atoms with Crippen molar-refractivity contribution >= 4 is 32.5 Å². The van der Waals surface area contributed by atoms with Gasteiger partial charge in [-0.25, -0.2) is 17.9 Å². The molecule has 0 atom stereocenters. The lowest BCUT2D eigenvalue weighted by Gasteiger charge is -2.26. The van der Waals surface area contributed by atoms with Crippen LogP contribution in [-0.2, 0) is 26.5 Å². The Bertz CT molecular complexity index is 1380. The Morgan fingerprint density at radius 2 is 1.67 bits per heavy atom. The lowest BCUT2D eigenvalue weighted by molar-refractivity contribution is 0.0469. The maximum Gasteiger partial charge on any atom is 0.359 e. The van der Waals surface area contributed by atoms with Crippen molar-refractivity contribution < 1.29 is 27.5 Å². The number of aromatic nitrogens is 2. The van der Waals surface area contributed by atoms with E-state index in [0.717, 1.165) is 4.68 Å². The van der Waals surface area contributed by atoms with Gasteiger partial charge in [0.05, 0.1) is 23.5 Å². The lowest BCUT2D eigenvalue weighted by Crippen LogP contribution is -2.40. The summed E-state index contributed by atoms with van der Waals surface area (Å²) in [5, 5.41) is 4.61. The zero-order valence-electron chi connectivity index (χ0n) is 17.8. The smallest absolute Gasteiger partial charge is 0.359 e. The number of carbonyl (C=O) groups excluding carboxylic acids is 2. The minimum atomic E-state index is -3.67. The molecule has 0 amide bonds. The molecule has 1 fully saturated rings. The Morgan fingerprint density at radius 3 is 2.33 bits per heavy atom. The number of esters is 1. The molecule has 2 heterocycles. The van der Waals surface area contributed by atoms with Crippen LogP contribution >= 0.6 is 0 Å². The second kappa shape index (κ2) is 9.22. The third kappa shape index (κ3) is 4.56. The predicted molar refractivity (Wildman–Crippen MR) is 118 cm³/mol. The van der Waals surface area contributed by atoms with Crippen molar-refractivity contribution in [2.24, 2.45) is 7.05 Å². The fourth-order valence-corrected chi connectivity index (χ4v) is 4.89. The van der Waals surface area contributed by atoms with Crippen molar-refractivity contribution in [3.63, 3.8) is 0 Å². The number of ether oxygens (including phenoxy) is 2. The highest BCUT2D eigenvalue weighted by atomic mass is 32.2. The van der Waals surface area contributed by atoms with Crippen LogP contribution in [0.3, 0.4) is 0 Å². The first-order valence-electron chi connectivity index (χ1n) is 10.1. The average Bonchev–Trinajstić information content (AvgIpc) is 2.85. The quantitative estimate of drug-likeness (QED) is 0.385. The van der Waals surface area contributed by atoms with Gasteiger partial charge in [-0.05, 0) is 30.3 Å². The predicted octanol–water partition coefficient (Wildman–Crippen LogP) is 0.994. The molecule has 1 aromatic heterocycles. The number of benzene rings is 2. The molecule has 0 bridgehead atoms. The van der Waals surface area contributed by atoms with Crippen LogP contribution in [0.1, 0.15) is 20.8 Å². The van der Waals surface area contributed by atoms with Crippen molar-refractivity contribution in [1.29, 1.82) is 0 Å². The zero-order chi connectivity index (χ0) is 23.6. The molecular formula is C22H21N3O7S. The largest absolute Gasteiger partial charge is 0.452 e. The Labute approximate surface area is 189 Å². The molecule has 1 saturated heterocycles. The van der Waals surface area contributed by atoms with E-state index in [4.69, 9.17) is 9.47 Å². The molecule has 172 valence electrons. The van der Waals surface area contributed by atoms with E-state index in [1.54, 1.807) is 24.3 Å². The molecule has 10 nitrogen and oxygen atoms in total. The number of Topliss-reactive ketones (excluding diaryl/α,β-unsaturated/α-hetero) is 1. The first-order valence-corrected chi connectivity index (χ1v) is 11.6. The van der Waals surface area contributed by atoms with Crippen LogP contribution in [0.4, 0.5) is 0 Å². The molecule has 1 aliphatic rings. The summed E-state index contributed by atoms with van der Waals surface area (Å²) in [5.74, 6) is -1.35. The maximum atomic E-state index is 12.7. The number of rotatable bonds is 6. The van der Waals surface area contributed by atoms with Crippen molar-refractivity contribution in [2.45, 2.75) is 4.90 Å². The summed E-state index contributed by atoms with van der Waals surface area (Å²) in [4.78, 5) is 37.3. The first kappa shape index (κ1) is 22.8. The van der Waals surface area contributed by atoms with Gasteiger partial charge in [-0.1, -0.05) is 18.2 Å². The minimum Gasteiger partial charge on any atom is -0.452 e. The van der Waals surface area contributed by atoms with E-state index in [1.165, 1.54) is 35.6 Å². The van der Waals surface area contributed by atoms with Crippen LogP contribution in [0.5, 0.6) is 0 Å². The Morgan fingerprint density at radius 1 is 1.03 bits per heavy atom. The molecule has 0 spiro atoms. The summed E-state index contributed by atoms with van der Waals surface area (Å²) in [6.07, 6.45) is 0. The molecule has 0 unspecified atom stereocenters. The molecule has 0 saturated carbocycles. The highest BCUT2D eigenvalue weighted by molar-refractivity contribution is 7.89. The van der Waals surface area contributed by atoms with Gasteiger partial charge < -0.3 is 9.47 Å². The van der Waals surface area contributed by atoms with Gasteiger partial charge in [-0.2, -0.15) is 9.40 Å². The van der Waals surface area contributed by atoms with Crippen LogP contribution in [0.25, 0.3) is 10.8 Å². The van der Waals surface area contributed by atoms with Crippen molar-refractivity contribution in [2.75, 3.05) is 32.9 Å². The molecule has 33 heavy (non-hydrogen) atoms. The van der Waals surface area contributed by atoms with Gasteiger partial charge in [-0.15, -0.1) is 0 Å². The summed E-state index contributed by atoms with van der Waals surface area (Å²) < 4.78 is 38.1. The van der Waals surface area contributed by atoms with Crippen LogP contribution in [0.2, 0.25) is 0 Å². The molecule has 0 radical (unpaired) electrons. The fraction of sp³-hybridized carbons (Fsp3) is 0.273. The number of carbonyl (C=O) groups is 2. The van der Waals surface area contributed by atoms with Crippen LogP contribution in [-0.4, -0.2) is 67.2 Å². The van der Waals surface area contributed by atoms with Gasteiger partial charge in [0.1, 0.15) is 0 Å². The summed E-state index contributed by atoms with van der Waals surface area (Å²) >= 11 is 0. The topological polar surface area (TPSA) is 125 Å². The van der Waals surface area contributed by atoms with Crippen LogP contribution in [0, 0.1) is 0 Å². The Balaban J connectivity index is 1.46. The third-order valence-corrected chi connectivity index (χ3v) is 7.18. The van der Waals surface area contributed by atoms with E-state index in [1.807, 2.05) is 0 Å². The summed E-state index contributed by atoms with van der Waals surface area (Å²) in [5.41, 5.74) is -0.236. The number of sulfonamides is 1. The lowest BCUT2D eigenvalue weighted by atomic mass is 10.1. The Hall–Kier alpha value is -3.41. The summed E-state index contributed by atoms with van der Waals surface area (Å²) in [7, 11) is -2.25. The van der Waals surface area contributed by atoms with Crippen molar-refractivity contribution in [3.05, 3.63) is 70.1 Å². The van der Waals surface area contributed by atoms with E-state index in [9.17, 15) is 22.8 Å². The highest BCUT2D eigenvalue weighted by Crippen LogP contribution is 2.18. The zero-order valence-corrected chi connectivity index (χ0v) is 18.6. The number of morpholine rings is 1. The monoisotopic (exact) mass is 471 g/mol. The number of hydrogen-bond donors (Lipinski definition) is 0. The average molecular weight is 471 g/mol. The second-order valence-electron chi connectivity index (χ2n) is 7.36. The third-order valence-electron chi connectivity index (χ3n) is 5.27. The van der Waals surface area contributed by atoms with E-state index in [2.05, 4.69) is 5.10 Å². The normalized spacial score (nSPS) is 14.8. The van der Waals surface area contributed by atoms with Gasteiger partial charge in [-0.3, -0.25) is 9.59 Å². The first-order chi connectivity index (χ1) is 15.8. The van der Waals surface area contributed by atoms with Gasteiger partial charge in [0, 0.05) is 31.1 Å². The number of hydrogen-bond acceptors (Lipinski definition) is 8. The number of nitrogens with zero attached hydrogens (tertiary/aromatic N) is 3. The second-order valence-corrected chi connectivity index (χ2v) is 9.30. The molecule has 1 aliphatic heterocycles. The fourth-order valence-electron chi connectivity index (χ4n) is 3.48. The molecule has 4 rings (SSSR count). The van der Waals surface area contributed by atoms with Crippen LogP contribution < -0.4 is 5.56 Å². The molecule has 0 aliphatic carbocycles. The van der Waals surface area contributed by atoms with Crippen LogP contribution in [0.15, 0.2) is 58.2 Å². The van der Waals surface area contributed by atoms with Crippen molar-refractivity contribution in [1.82, 2.24) is 14.1 Å². The Kier molecular flexibility index (Phi) is 6.36. The van der Waals surface area contributed by atoms with E-state index in [-0.39, 0.29) is 34.8 Å². The molecule has 0 N–H and O–H groups in total. The highest BCUT2D eigenvalue weighted by Gasteiger charge is 2.26. The van der Waals surface area contributed by atoms with Gasteiger partial charge in [0.15, 0.2) is 18.1 Å². The van der Waals surface area contributed by atoms with E-state index < -0.39 is 28.4 Å². The molecule has 2 aromatic carbocycles. The van der Waals surface area contributed by atoms with E-state index >= 15 is 0 Å². The SMILES string of the molecule is Cn1nc(C(=O)OCC(=O)c2ccc(S(=O)(=O)N3CCOCC3)cc2)c2ccccc2c1=O. The standard InChI is InChI=1S/C22H21N3O7S/c1-24-21(27)18-5-3-2-4-17(18)20(23-24)22(28)32-14-19(26)15-6-8-16(9-7-15)33(29,30)25-10-12-31-13-11-25/h2-9H,10-14H2,1H3. The maximum absolute atomic E-state index is 12.7. The number of fused-ring (bicyclic) bond motifs is 1. The summed E-state index contributed by atoms with van der Waals surface area (Å²) in [6.45, 7) is 0.647. The van der Waals surface area contributed by atoms with Crippen molar-refractivity contribution in [3.8, 4) is 0 Å². The van der Waals surface area contributed by atoms with Gasteiger partial charge in [0.2, 0.25) is 10.0 Å². The molecule has 3 aromatic rings. The molecular weight excluding hydrogens is 450 g/mol.